The van der Waals surface area contributed by atoms with E-state index in [2.05, 4.69) is 75.0 Å². The average molecular weight is 477 g/mol. The molecule has 0 spiro atoms. The van der Waals surface area contributed by atoms with Crippen molar-refractivity contribution in [2.45, 2.75) is 135 Å². The molecule has 2 saturated carbocycles. The Hall–Kier alpha value is -1.13. The monoisotopic (exact) mass is 476 g/mol. The molecule has 0 saturated heterocycles. The molecule has 2 aliphatic carbocycles. The minimum Gasteiger partial charge on any atom is -0.105 e. The lowest BCUT2D eigenvalue weighted by atomic mass is 9.74. The highest BCUT2D eigenvalue weighted by Crippen LogP contribution is 2.46. The van der Waals surface area contributed by atoms with Crippen LogP contribution in [0.2, 0.25) is 0 Å². The van der Waals surface area contributed by atoms with Crippen LogP contribution in [0.3, 0.4) is 0 Å². The molecular weight excluding hydrogens is 427 g/mol. The van der Waals surface area contributed by atoms with Gasteiger partial charge in [0.25, 0.3) is 0 Å². The van der Waals surface area contributed by atoms with Gasteiger partial charge >= 0.3 is 0 Å². The lowest BCUT2D eigenvalue weighted by molar-refractivity contribution is 0.436. The first-order valence-corrected chi connectivity index (χ1v) is 15.0. The Morgan fingerprint density at radius 1 is 0.647 bits per heavy atom. The van der Waals surface area contributed by atoms with Gasteiger partial charge in [-0.1, -0.05) is 104 Å². The predicted octanol–water partition coefficient (Wildman–Crippen LogP) is 10.3. The second kappa shape index (κ2) is 11.3. The van der Waals surface area contributed by atoms with Crippen molar-refractivity contribution in [1.29, 1.82) is 0 Å². The van der Waals surface area contributed by atoms with Crippen molar-refractivity contribution >= 4 is 14.5 Å². The summed E-state index contributed by atoms with van der Waals surface area (Å²) < 4.78 is 0. The van der Waals surface area contributed by atoms with E-state index in [4.69, 9.17) is 0 Å². The van der Waals surface area contributed by atoms with Gasteiger partial charge in [-0.3, -0.25) is 0 Å². The Morgan fingerprint density at radius 2 is 1.21 bits per heavy atom. The standard InChI is InChI=1S/C33H49P/c1-21(2)28-20-29(22(3)4)33(34)31(23(5)6)32(28)27-18-17-26(24-13-9-7-10-14-24)19-30(27)25-15-11-8-12-16-25/h17-25H,7-16,34H2,1-6H3. The molecule has 2 fully saturated rings. The molecule has 2 aromatic carbocycles. The first kappa shape index (κ1) is 25.9. The number of rotatable bonds is 6. The highest BCUT2D eigenvalue weighted by atomic mass is 31.0. The molecule has 0 aliphatic heterocycles. The quantitative estimate of drug-likeness (QED) is 0.364. The Labute approximate surface area is 212 Å². The molecule has 0 heterocycles. The normalized spacial score (nSPS) is 18.4. The number of benzene rings is 2. The minimum atomic E-state index is 0.510. The largest absolute Gasteiger partial charge is 0.105 e. The summed E-state index contributed by atoms with van der Waals surface area (Å²) >= 11 is 0. The maximum absolute atomic E-state index is 3.16. The van der Waals surface area contributed by atoms with Crippen LogP contribution in [0.1, 0.15) is 163 Å². The molecular formula is C33H49P. The van der Waals surface area contributed by atoms with E-state index in [1.165, 1.54) is 75.1 Å². The molecule has 186 valence electrons. The highest BCUT2D eigenvalue weighted by molar-refractivity contribution is 7.27. The molecule has 0 bridgehead atoms. The lowest BCUT2D eigenvalue weighted by Gasteiger charge is -2.31. The summed E-state index contributed by atoms with van der Waals surface area (Å²) in [6.45, 7) is 14.3. The Bertz CT molecular complexity index is 969. The predicted molar refractivity (Wildman–Crippen MR) is 155 cm³/mol. The molecule has 1 unspecified atom stereocenters. The maximum Gasteiger partial charge on any atom is -0.0105 e. The third kappa shape index (κ3) is 5.33. The van der Waals surface area contributed by atoms with Crippen molar-refractivity contribution in [3.8, 4) is 11.1 Å². The highest BCUT2D eigenvalue weighted by Gasteiger charge is 2.27. The molecule has 0 aromatic heterocycles. The molecule has 1 atom stereocenters. The van der Waals surface area contributed by atoms with Gasteiger partial charge in [-0.15, -0.1) is 9.24 Å². The summed E-state index contributed by atoms with van der Waals surface area (Å²) in [6.07, 6.45) is 14.0. The fourth-order valence-corrected chi connectivity index (χ4v) is 7.74. The molecule has 0 N–H and O–H groups in total. The van der Waals surface area contributed by atoms with Gasteiger partial charge in [0.15, 0.2) is 0 Å². The van der Waals surface area contributed by atoms with Crippen LogP contribution < -0.4 is 5.30 Å². The first-order chi connectivity index (χ1) is 16.3. The third-order valence-electron chi connectivity index (χ3n) is 8.76. The van der Waals surface area contributed by atoms with Crippen LogP contribution in [-0.4, -0.2) is 0 Å². The van der Waals surface area contributed by atoms with Crippen molar-refractivity contribution in [3.05, 3.63) is 52.1 Å². The van der Waals surface area contributed by atoms with Gasteiger partial charge in [0, 0.05) is 0 Å². The Kier molecular flexibility index (Phi) is 8.61. The second-order valence-electron chi connectivity index (χ2n) is 12.2. The van der Waals surface area contributed by atoms with E-state index in [0.717, 1.165) is 11.8 Å². The van der Waals surface area contributed by atoms with Crippen LogP contribution in [0.4, 0.5) is 0 Å². The van der Waals surface area contributed by atoms with Crippen LogP contribution in [0.5, 0.6) is 0 Å². The molecule has 2 aliphatic rings. The Morgan fingerprint density at radius 3 is 1.74 bits per heavy atom. The molecule has 2 aromatic rings. The first-order valence-electron chi connectivity index (χ1n) is 14.4. The second-order valence-corrected chi connectivity index (χ2v) is 12.8. The SMILES string of the molecule is CC(C)c1cc(C(C)C)c(-c2ccc(C3CCCCC3)cc2C2CCCCC2)c(C(C)C)c1P. The summed E-state index contributed by atoms with van der Waals surface area (Å²) in [4.78, 5) is 0. The maximum atomic E-state index is 3.16. The summed E-state index contributed by atoms with van der Waals surface area (Å²) in [5.74, 6) is 3.08. The summed E-state index contributed by atoms with van der Waals surface area (Å²) in [5.41, 5.74) is 11.1. The van der Waals surface area contributed by atoms with Gasteiger partial charge in [-0.2, -0.15) is 0 Å². The van der Waals surface area contributed by atoms with Crippen LogP contribution >= 0.6 is 9.24 Å². The molecule has 0 amide bonds. The van der Waals surface area contributed by atoms with Crippen molar-refractivity contribution in [3.63, 3.8) is 0 Å². The number of hydrogen-bond donors (Lipinski definition) is 0. The van der Waals surface area contributed by atoms with E-state index >= 15 is 0 Å². The van der Waals surface area contributed by atoms with Crippen LogP contribution in [0.25, 0.3) is 11.1 Å². The smallest absolute Gasteiger partial charge is 0.0105 e. The summed E-state index contributed by atoms with van der Waals surface area (Å²) in [6, 6.07) is 10.3. The van der Waals surface area contributed by atoms with Crippen molar-refractivity contribution in [2.24, 2.45) is 0 Å². The summed E-state index contributed by atoms with van der Waals surface area (Å²) in [5, 5.41) is 1.45. The van der Waals surface area contributed by atoms with Gasteiger partial charge < -0.3 is 0 Å². The molecule has 1 heteroatoms. The van der Waals surface area contributed by atoms with Crippen LogP contribution in [-0.2, 0) is 0 Å². The van der Waals surface area contributed by atoms with Gasteiger partial charge in [-0.25, -0.2) is 0 Å². The zero-order chi connectivity index (χ0) is 24.4. The van der Waals surface area contributed by atoms with E-state index in [-0.39, 0.29) is 0 Å². The zero-order valence-electron chi connectivity index (χ0n) is 22.8. The number of hydrogen-bond acceptors (Lipinski definition) is 0. The Balaban J connectivity index is 1.96. The van der Waals surface area contributed by atoms with Crippen LogP contribution in [0, 0.1) is 0 Å². The van der Waals surface area contributed by atoms with Gasteiger partial charge in [0.2, 0.25) is 0 Å². The topological polar surface area (TPSA) is 0 Å². The molecule has 34 heavy (non-hydrogen) atoms. The van der Waals surface area contributed by atoms with E-state index in [9.17, 15) is 0 Å². The van der Waals surface area contributed by atoms with Gasteiger partial charge in [-0.05, 0) is 99.5 Å². The van der Waals surface area contributed by atoms with Crippen molar-refractivity contribution < 1.29 is 0 Å². The van der Waals surface area contributed by atoms with Crippen molar-refractivity contribution in [1.82, 2.24) is 0 Å². The van der Waals surface area contributed by atoms with E-state index in [1.807, 2.05) is 0 Å². The summed E-state index contributed by atoms with van der Waals surface area (Å²) in [7, 11) is 3.16. The minimum absolute atomic E-state index is 0.510. The third-order valence-corrected chi connectivity index (χ3v) is 9.40. The fourth-order valence-electron chi connectivity index (χ4n) is 6.85. The molecule has 0 nitrogen and oxygen atoms in total. The zero-order valence-corrected chi connectivity index (χ0v) is 24.0. The van der Waals surface area contributed by atoms with E-state index < -0.39 is 0 Å². The van der Waals surface area contributed by atoms with E-state index in [0.29, 0.717) is 17.8 Å². The van der Waals surface area contributed by atoms with E-state index in [1.54, 1.807) is 33.4 Å². The van der Waals surface area contributed by atoms with Gasteiger partial charge in [0.1, 0.15) is 0 Å². The molecule has 4 rings (SSSR count). The van der Waals surface area contributed by atoms with Gasteiger partial charge in [0.05, 0.1) is 0 Å². The average Bonchev–Trinajstić information content (AvgIpc) is 2.83. The molecule has 0 radical (unpaired) electrons. The van der Waals surface area contributed by atoms with Crippen molar-refractivity contribution in [2.75, 3.05) is 0 Å². The van der Waals surface area contributed by atoms with Crippen LogP contribution in [0.15, 0.2) is 24.3 Å². The fraction of sp³-hybridized carbons (Fsp3) is 0.636. The lowest BCUT2D eigenvalue weighted by Crippen LogP contribution is -2.17.